The average molecular weight is 322 g/mol. The highest BCUT2D eigenvalue weighted by molar-refractivity contribution is 9.10. The van der Waals surface area contributed by atoms with Gasteiger partial charge in [0.15, 0.2) is 0 Å². The van der Waals surface area contributed by atoms with Crippen LogP contribution in [0.15, 0.2) is 39.6 Å². The number of rotatable bonds is 5. The molecule has 1 aromatic carbocycles. The molecule has 0 unspecified atom stereocenters. The van der Waals surface area contributed by atoms with Crippen LogP contribution in [-0.4, -0.2) is 9.97 Å². The van der Waals surface area contributed by atoms with Gasteiger partial charge in [-0.1, -0.05) is 29.3 Å². The van der Waals surface area contributed by atoms with E-state index >= 15 is 0 Å². The summed E-state index contributed by atoms with van der Waals surface area (Å²) in [5, 5.41) is 3.10. The fraction of sp³-hybridized carbons (Fsp3) is 0.286. The van der Waals surface area contributed by atoms with Crippen LogP contribution >= 0.6 is 15.9 Å². The third-order valence-electron chi connectivity index (χ3n) is 2.69. The molecule has 0 saturated carbocycles. The third kappa shape index (κ3) is 4.21. The molecule has 0 aliphatic heterocycles. The Morgan fingerprint density at radius 3 is 2.74 bits per heavy atom. The fourth-order valence-corrected chi connectivity index (χ4v) is 1.99. The molecule has 4 nitrogen and oxygen atoms in total. The maximum atomic E-state index is 11.6. The van der Waals surface area contributed by atoms with Gasteiger partial charge in [0, 0.05) is 21.9 Å². The summed E-state index contributed by atoms with van der Waals surface area (Å²) in [6, 6.07) is 9.26. The molecule has 0 radical (unpaired) electrons. The summed E-state index contributed by atoms with van der Waals surface area (Å²) >= 11 is 3.38. The molecule has 0 aliphatic rings. The van der Waals surface area contributed by atoms with E-state index in [1.165, 1.54) is 0 Å². The van der Waals surface area contributed by atoms with E-state index in [1.807, 2.05) is 24.3 Å². The molecule has 0 amide bonds. The first-order chi connectivity index (χ1) is 9.17. The van der Waals surface area contributed by atoms with Crippen LogP contribution in [0.4, 0.5) is 11.6 Å². The summed E-state index contributed by atoms with van der Waals surface area (Å²) in [4.78, 5) is 18.7. The monoisotopic (exact) mass is 321 g/mol. The van der Waals surface area contributed by atoms with E-state index in [0.717, 1.165) is 35.1 Å². The number of nitrogens with one attached hydrogen (secondary N) is 2. The van der Waals surface area contributed by atoms with Crippen molar-refractivity contribution >= 4 is 27.6 Å². The van der Waals surface area contributed by atoms with Crippen LogP contribution in [-0.2, 0) is 6.42 Å². The Labute approximate surface area is 120 Å². The molecule has 2 rings (SSSR count). The lowest BCUT2D eigenvalue weighted by Crippen LogP contribution is -2.12. The highest BCUT2D eigenvalue weighted by atomic mass is 79.9. The maximum Gasteiger partial charge on any atom is 0.252 e. The van der Waals surface area contributed by atoms with Crippen molar-refractivity contribution in [2.24, 2.45) is 0 Å². The number of nitrogens with zero attached hydrogens (tertiary/aromatic N) is 1. The van der Waals surface area contributed by atoms with Gasteiger partial charge in [-0.15, -0.1) is 0 Å². The Balaban J connectivity index is 2.17. The van der Waals surface area contributed by atoms with Crippen LogP contribution in [0.5, 0.6) is 0 Å². The summed E-state index contributed by atoms with van der Waals surface area (Å²) in [5.41, 5.74) is 1.59. The zero-order valence-electron chi connectivity index (χ0n) is 10.7. The van der Waals surface area contributed by atoms with Gasteiger partial charge in [0.2, 0.25) is 5.95 Å². The molecule has 0 saturated heterocycles. The van der Waals surface area contributed by atoms with E-state index in [4.69, 9.17) is 0 Å². The van der Waals surface area contributed by atoms with Gasteiger partial charge >= 0.3 is 0 Å². The van der Waals surface area contributed by atoms with Crippen LogP contribution in [0.25, 0.3) is 0 Å². The van der Waals surface area contributed by atoms with E-state index in [-0.39, 0.29) is 5.56 Å². The van der Waals surface area contributed by atoms with Crippen molar-refractivity contribution in [3.05, 3.63) is 50.9 Å². The van der Waals surface area contributed by atoms with Gasteiger partial charge in [-0.2, -0.15) is 0 Å². The topological polar surface area (TPSA) is 57.8 Å². The Morgan fingerprint density at radius 1 is 1.32 bits per heavy atom. The predicted molar refractivity (Wildman–Crippen MR) is 80.9 cm³/mol. The molecular weight excluding hydrogens is 306 g/mol. The van der Waals surface area contributed by atoms with Gasteiger partial charge in [0.1, 0.15) is 0 Å². The smallest absolute Gasteiger partial charge is 0.252 e. The average Bonchev–Trinajstić information content (AvgIpc) is 2.38. The first-order valence-electron chi connectivity index (χ1n) is 6.30. The summed E-state index contributed by atoms with van der Waals surface area (Å²) in [6.45, 7) is 2.12. The number of aromatic amines is 1. The minimum absolute atomic E-state index is 0.124. The van der Waals surface area contributed by atoms with Crippen molar-refractivity contribution in [2.45, 2.75) is 26.2 Å². The minimum Gasteiger partial charge on any atom is -0.326 e. The van der Waals surface area contributed by atoms with Crippen molar-refractivity contribution in [1.29, 1.82) is 0 Å². The fourth-order valence-electron chi connectivity index (χ4n) is 1.72. The second-order valence-corrected chi connectivity index (χ2v) is 5.24. The Morgan fingerprint density at radius 2 is 2.05 bits per heavy atom. The molecule has 1 aromatic heterocycles. The minimum atomic E-state index is -0.124. The van der Waals surface area contributed by atoms with Crippen molar-refractivity contribution in [1.82, 2.24) is 9.97 Å². The molecule has 5 heteroatoms. The van der Waals surface area contributed by atoms with Crippen molar-refractivity contribution in [3.63, 3.8) is 0 Å². The number of H-pyrrole nitrogens is 1. The van der Waals surface area contributed by atoms with Gasteiger partial charge in [0.25, 0.3) is 5.56 Å². The van der Waals surface area contributed by atoms with Crippen LogP contribution in [0.2, 0.25) is 0 Å². The first-order valence-corrected chi connectivity index (χ1v) is 7.09. The lowest BCUT2D eigenvalue weighted by Gasteiger charge is -2.07. The molecule has 2 N–H and O–H groups in total. The number of benzene rings is 1. The van der Waals surface area contributed by atoms with Gasteiger partial charge in [0.05, 0.1) is 0 Å². The first kappa shape index (κ1) is 13.8. The van der Waals surface area contributed by atoms with Crippen molar-refractivity contribution < 1.29 is 0 Å². The third-order valence-corrected chi connectivity index (χ3v) is 3.22. The molecule has 0 spiro atoms. The Bertz CT molecular complexity index is 592. The zero-order valence-corrected chi connectivity index (χ0v) is 12.3. The van der Waals surface area contributed by atoms with E-state index in [1.54, 1.807) is 6.07 Å². The SMILES string of the molecule is CCCCc1cc(=O)[nH]c(Nc2ccc(Br)cc2)n1. The second kappa shape index (κ2) is 6.52. The number of anilines is 2. The number of aromatic nitrogens is 2. The number of halogens is 1. The summed E-state index contributed by atoms with van der Waals surface area (Å²) in [7, 11) is 0. The van der Waals surface area contributed by atoms with Gasteiger partial charge in [-0.05, 0) is 37.1 Å². The Kier molecular flexibility index (Phi) is 4.74. The number of hydrogen-bond acceptors (Lipinski definition) is 3. The Hall–Kier alpha value is -1.62. The van der Waals surface area contributed by atoms with Gasteiger partial charge in [-0.3, -0.25) is 9.78 Å². The molecule has 0 atom stereocenters. The predicted octanol–water partition coefficient (Wildman–Crippen LogP) is 3.62. The molecule has 0 bridgehead atoms. The summed E-state index contributed by atoms with van der Waals surface area (Å²) in [6.07, 6.45) is 2.95. The largest absolute Gasteiger partial charge is 0.326 e. The van der Waals surface area contributed by atoms with Gasteiger partial charge in [-0.25, -0.2) is 4.98 Å². The summed E-state index contributed by atoms with van der Waals surface area (Å²) in [5.74, 6) is 0.487. The van der Waals surface area contributed by atoms with Gasteiger partial charge < -0.3 is 5.32 Å². The zero-order chi connectivity index (χ0) is 13.7. The highest BCUT2D eigenvalue weighted by Gasteiger charge is 2.02. The number of hydrogen-bond donors (Lipinski definition) is 2. The molecule has 0 aliphatic carbocycles. The molecule has 19 heavy (non-hydrogen) atoms. The van der Waals surface area contributed by atoms with Crippen LogP contribution in [0, 0.1) is 0 Å². The van der Waals surface area contributed by atoms with Crippen LogP contribution in [0.3, 0.4) is 0 Å². The molecule has 100 valence electrons. The molecule has 2 aromatic rings. The van der Waals surface area contributed by atoms with Crippen molar-refractivity contribution in [2.75, 3.05) is 5.32 Å². The molecule has 0 fully saturated rings. The second-order valence-electron chi connectivity index (χ2n) is 4.32. The summed E-state index contributed by atoms with van der Waals surface area (Å²) < 4.78 is 1.01. The van der Waals surface area contributed by atoms with E-state index in [0.29, 0.717) is 5.95 Å². The van der Waals surface area contributed by atoms with E-state index in [9.17, 15) is 4.79 Å². The number of unbranched alkanes of at least 4 members (excludes halogenated alkanes) is 1. The number of aryl methyl sites for hydroxylation is 1. The van der Waals surface area contributed by atoms with Crippen LogP contribution < -0.4 is 10.9 Å². The quantitative estimate of drug-likeness (QED) is 0.884. The normalized spacial score (nSPS) is 10.4. The lowest BCUT2D eigenvalue weighted by molar-refractivity contribution is 0.772. The standard InChI is InChI=1S/C14H16BrN3O/c1-2-3-4-12-9-13(19)18-14(17-12)16-11-7-5-10(15)6-8-11/h5-9H,2-4H2,1H3,(H2,16,17,18,19). The molecule has 1 heterocycles. The maximum absolute atomic E-state index is 11.6. The van der Waals surface area contributed by atoms with Crippen LogP contribution in [0.1, 0.15) is 25.5 Å². The molecular formula is C14H16BrN3O. The van der Waals surface area contributed by atoms with E-state index in [2.05, 4.69) is 38.1 Å². The van der Waals surface area contributed by atoms with Crippen molar-refractivity contribution in [3.8, 4) is 0 Å². The lowest BCUT2D eigenvalue weighted by atomic mass is 10.2. The van der Waals surface area contributed by atoms with E-state index < -0.39 is 0 Å². The highest BCUT2D eigenvalue weighted by Crippen LogP contribution is 2.16.